The maximum Gasteiger partial charge on any atom is 0.0366 e. The Labute approximate surface area is 119 Å². The maximum absolute atomic E-state index is 3.28. The quantitative estimate of drug-likeness (QED) is 0.710. The number of hydrogen-bond donors (Lipinski definition) is 1. The van der Waals surface area contributed by atoms with Crippen molar-refractivity contribution in [1.29, 1.82) is 0 Å². The first-order chi connectivity index (χ1) is 9.22. The number of hydrogen-bond acceptors (Lipinski definition) is 2. The van der Waals surface area contributed by atoms with Crippen LogP contribution in [0.25, 0.3) is 0 Å². The molecule has 0 heterocycles. The second kappa shape index (κ2) is 8.98. The molecule has 0 aliphatic rings. The lowest BCUT2D eigenvalue weighted by Gasteiger charge is -2.25. The summed E-state index contributed by atoms with van der Waals surface area (Å²) in [6, 6.07) is 9.47. The molecule has 0 saturated heterocycles. The van der Waals surface area contributed by atoms with Gasteiger partial charge in [-0.3, -0.25) is 0 Å². The summed E-state index contributed by atoms with van der Waals surface area (Å²) in [6.07, 6.45) is 5.08. The van der Waals surface area contributed by atoms with Gasteiger partial charge in [0.1, 0.15) is 0 Å². The van der Waals surface area contributed by atoms with Crippen molar-refractivity contribution in [3.8, 4) is 0 Å². The van der Waals surface area contributed by atoms with Crippen LogP contribution in [0.2, 0.25) is 0 Å². The molecule has 2 heteroatoms. The third-order valence-electron chi connectivity index (χ3n) is 3.75. The van der Waals surface area contributed by atoms with Gasteiger partial charge in [-0.15, -0.1) is 0 Å². The lowest BCUT2D eigenvalue weighted by molar-refractivity contribution is 0.651. The Bertz CT molecular complexity index is 324. The zero-order valence-corrected chi connectivity index (χ0v) is 13.1. The third-order valence-corrected chi connectivity index (χ3v) is 3.75. The predicted octanol–water partition coefficient (Wildman–Crippen LogP) is 4.37. The number of anilines is 1. The van der Waals surface area contributed by atoms with Gasteiger partial charge in [0.25, 0.3) is 0 Å². The summed E-state index contributed by atoms with van der Waals surface area (Å²) < 4.78 is 0. The molecular formula is C17H30N2. The fourth-order valence-electron chi connectivity index (χ4n) is 2.21. The van der Waals surface area contributed by atoms with Crippen LogP contribution in [0.1, 0.15) is 58.1 Å². The highest BCUT2D eigenvalue weighted by Gasteiger charge is 2.07. The van der Waals surface area contributed by atoms with Crippen molar-refractivity contribution in [2.24, 2.45) is 0 Å². The average Bonchev–Trinajstić information content (AvgIpc) is 2.47. The van der Waals surface area contributed by atoms with Crippen molar-refractivity contribution in [1.82, 2.24) is 5.32 Å². The zero-order valence-electron chi connectivity index (χ0n) is 13.1. The SMILES string of the molecule is CCCCN(CCCC)c1ccc(C(C)NC)cc1. The Balaban J connectivity index is 2.71. The summed E-state index contributed by atoms with van der Waals surface area (Å²) in [7, 11) is 2.01. The van der Waals surface area contributed by atoms with Gasteiger partial charge in [0.15, 0.2) is 0 Å². The molecule has 0 aromatic heterocycles. The minimum absolute atomic E-state index is 0.425. The number of nitrogens with zero attached hydrogens (tertiary/aromatic N) is 1. The van der Waals surface area contributed by atoms with E-state index in [2.05, 4.69) is 55.3 Å². The van der Waals surface area contributed by atoms with Crippen molar-refractivity contribution < 1.29 is 0 Å². The molecule has 0 radical (unpaired) electrons. The molecule has 0 bridgehead atoms. The summed E-state index contributed by atoms with van der Waals surface area (Å²) in [5.74, 6) is 0. The molecule has 19 heavy (non-hydrogen) atoms. The van der Waals surface area contributed by atoms with E-state index in [9.17, 15) is 0 Å². The Morgan fingerprint density at radius 2 is 1.53 bits per heavy atom. The molecule has 1 unspecified atom stereocenters. The van der Waals surface area contributed by atoms with Crippen molar-refractivity contribution in [3.05, 3.63) is 29.8 Å². The molecule has 1 atom stereocenters. The summed E-state index contributed by atoms with van der Waals surface area (Å²) >= 11 is 0. The van der Waals surface area contributed by atoms with Crippen molar-refractivity contribution >= 4 is 5.69 Å². The topological polar surface area (TPSA) is 15.3 Å². The van der Waals surface area contributed by atoms with E-state index in [-0.39, 0.29) is 0 Å². The van der Waals surface area contributed by atoms with Gasteiger partial charge in [0.05, 0.1) is 0 Å². The number of rotatable bonds is 9. The fraction of sp³-hybridized carbons (Fsp3) is 0.647. The van der Waals surface area contributed by atoms with Gasteiger partial charge in [-0.1, -0.05) is 38.8 Å². The van der Waals surface area contributed by atoms with Gasteiger partial charge in [-0.25, -0.2) is 0 Å². The van der Waals surface area contributed by atoms with Crippen LogP contribution in [0.15, 0.2) is 24.3 Å². The standard InChI is InChI=1S/C17H30N2/c1-5-7-13-19(14-8-6-2)17-11-9-16(10-12-17)15(3)18-4/h9-12,15,18H,5-8,13-14H2,1-4H3. The van der Waals surface area contributed by atoms with Crippen LogP contribution in [-0.2, 0) is 0 Å². The third kappa shape index (κ3) is 5.23. The molecule has 1 aromatic carbocycles. The molecular weight excluding hydrogens is 232 g/mol. The lowest BCUT2D eigenvalue weighted by Crippen LogP contribution is -2.25. The van der Waals surface area contributed by atoms with Gasteiger partial charge in [-0.05, 0) is 44.5 Å². The molecule has 0 aliphatic heterocycles. The van der Waals surface area contributed by atoms with E-state index in [0.29, 0.717) is 6.04 Å². The van der Waals surface area contributed by atoms with Crippen LogP contribution in [-0.4, -0.2) is 20.1 Å². The molecule has 1 aromatic rings. The molecule has 0 saturated carbocycles. The predicted molar refractivity (Wildman–Crippen MR) is 85.9 cm³/mol. The van der Waals surface area contributed by atoms with Crippen molar-refractivity contribution in [2.45, 2.75) is 52.5 Å². The molecule has 0 aliphatic carbocycles. The number of unbranched alkanes of at least 4 members (excludes halogenated alkanes) is 2. The Kier molecular flexibility index (Phi) is 7.57. The van der Waals surface area contributed by atoms with Crippen LogP contribution in [0, 0.1) is 0 Å². The first kappa shape index (κ1) is 16.0. The Morgan fingerprint density at radius 3 is 1.95 bits per heavy atom. The van der Waals surface area contributed by atoms with Gasteiger partial charge in [0.2, 0.25) is 0 Å². The van der Waals surface area contributed by atoms with Crippen molar-refractivity contribution in [2.75, 3.05) is 25.0 Å². The van der Waals surface area contributed by atoms with E-state index in [0.717, 1.165) is 0 Å². The van der Waals surface area contributed by atoms with E-state index in [1.807, 2.05) is 7.05 Å². The molecule has 0 spiro atoms. The summed E-state index contributed by atoms with van der Waals surface area (Å²) in [4.78, 5) is 2.53. The van der Waals surface area contributed by atoms with Crippen LogP contribution >= 0.6 is 0 Å². The monoisotopic (exact) mass is 262 g/mol. The Morgan fingerprint density at radius 1 is 1.00 bits per heavy atom. The smallest absolute Gasteiger partial charge is 0.0366 e. The molecule has 1 rings (SSSR count). The van der Waals surface area contributed by atoms with Crippen molar-refractivity contribution in [3.63, 3.8) is 0 Å². The minimum Gasteiger partial charge on any atom is -0.372 e. The first-order valence-corrected chi connectivity index (χ1v) is 7.75. The van der Waals surface area contributed by atoms with Crippen LogP contribution in [0.4, 0.5) is 5.69 Å². The fourth-order valence-corrected chi connectivity index (χ4v) is 2.21. The maximum atomic E-state index is 3.28. The highest BCUT2D eigenvalue weighted by atomic mass is 15.1. The highest BCUT2D eigenvalue weighted by Crippen LogP contribution is 2.20. The first-order valence-electron chi connectivity index (χ1n) is 7.75. The minimum atomic E-state index is 0.425. The summed E-state index contributed by atoms with van der Waals surface area (Å²) in [5, 5.41) is 3.28. The second-order valence-corrected chi connectivity index (χ2v) is 5.30. The number of nitrogens with one attached hydrogen (secondary N) is 1. The number of benzene rings is 1. The summed E-state index contributed by atoms with van der Waals surface area (Å²) in [6.45, 7) is 9.07. The van der Waals surface area contributed by atoms with E-state index >= 15 is 0 Å². The van der Waals surface area contributed by atoms with E-state index in [1.54, 1.807) is 0 Å². The molecule has 0 fully saturated rings. The largest absolute Gasteiger partial charge is 0.372 e. The highest BCUT2D eigenvalue weighted by molar-refractivity contribution is 5.48. The summed E-state index contributed by atoms with van der Waals surface area (Å²) in [5.41, 5.74) is 2.73. The van der Waals surface area contributed by atoms with Gasteiger partial charge in [-0.2, -0.15) is 0 Å². The van der Waals surface area contributed by atoms with Crippen LogP contribution in [0.5, 0.6) is 0 Å². The zero-order chi connectivity index (χ0) is 14.1. The van der Waals surface area contributed by atoms with Gasteiger partial charge in [0, 0.05) is 24.8 Å². The van der Waals surface area contributed by atoms with E-state index in [4.69, 9.17) is 0 Å². The molecule has 0 amide bonds. The van der Waals surface area contributed by atoms with E-state index in [1.165, 1.54) is 50.0 Å². The molecule has 2 nitrogen and oxygen atoms in total. The molecule has 108 valence electrons. The van der Waals surface area contributed by atoms with Gasteiger partial charge < -0.3 is 10.2 Å². The normalized spacial score (nSPS) is 12.4. The van der Waals surface area contributed by atoms with E-state index < -0.39 is 0 Å². The Hall–Kier alpha value is -1.02. The second-order valence-electron chi connectivity index (χ2n) is 5.30. The average molecular weight is 262 g/mol. The van der Waals surface area contributed by atoms with Crippen LogP contribution < -0.4 is 10.2 Å². The molecule has 1 N–H and O–H groups in total. The van der Waals surface area contributed by atoms with Gasteiger partial charge >= 0.3 is 0 Å². The van der Waals surface area contributed by atoms with Crippen LogP contribution in [0.3, 0.4) is 0 Å². The lowest BCUT2D eigenvalue weighted by atomic mass is 10.1.